The van der Waals surface area contributed by atoms with Crippen LogP contribution in [0.1, 0.15) is 35.0 Å². The van der Waals surface area contributed by atoms with Crippen LogP contribution in [0.3, 0.4) is 0 Å². The molecule has 2 aromatic rings. The maximum Gasteiger partial charge on any atom is 0.344 e. The van der Waals surface area contributed by atoms with Gasteiger partial charge in [-0.3, -0.25) is 14.8 Å². The van der Waals surface area contributed by atoms with Crippen LogP contribution in [0.4, 0.5) is 0 Å². The molecule has 3 rings (SSSR count). The maximum atomic E-state index is 11.6. The Balaban J connectivity index is 1.76. The molecular weight excluding hydrogens is 282 g/mol. The first-order valence-electron chi connectivity index (χ1n) is 6.07. The van der Waals surface area contributed by atoms with E-state index in [1.165, 1.54) is 18.0 Å². The quantitative estimate of drug-likeness (QED) is 0.318. The molecule has 0 aliphatic heterocycles. The van der Waals surface area contributed by atoms with Crippen LogP contribution in [0.15, 0.2) is 26.7 Å². The van der Waals surface area contributed by atoms with Crippen molar-refractivity contribution in [2.24, 2.45) is 5.84 Å². The molecule has 20 heavy (non-hydrogen) atoms. The highest BCUT2D eigenvalue weighted by molar-refractivity contribution is 7.98. The van der Waals surface area contributed by atoms with Gasteiger partial charge in [0.2, 0.25) is 0 Å². The molecule has 2 aromatic heterocycles. The number of furan rings is 1. The average molecular weight is 295 g/mol. The minimum absolute atomic E-state index is 0.200. The van der Waals surface area contributed by atoms with Gasteiger partial charge in [-0.15, -0.1) is 5.10 Å². The summed E-state index contributed by atoms with van der Waals surface area (Å²) in [6.07, 6.45) is 3.42. The van der Waals surface area contributed by atoms with Crippen LogP contribution in [0.5, 0.6) is 0 Å². The van der Waals surface area contributed by atoms with Crippen LogP contribution in [-0.2, 0) is 5.75 Å². The molecule has 0 unspecified atom stereocenters. The van der Waals surface area contributed by atoms with Crippen LogP contribution in [0.2, 0.25) is 0 Å². The molecule has 0 bridgehead atoms. The fourth-order valence-electron chi connectivity index (χ4n) is 1.91. The summed E-state index contributed by atoms with van der Waals surface area (Å²) in [6, 6.07) is 1.79. The molecule has 1 amide bonds. The average Bonchev–Trinajstić information content (AvgIpc) is 3.05. The lowest BCUT2D eigenvalue weighted by Crippen LogP contribution is -2.30. The number of rotatable bonds is 5. The summed E-state index contributed by atoms with van der Waals surface area (Å²) in [6.45, 7) is 0. The highest BCUT2D eigenvalue weighted by Gasteiger charge is 2.28. The molecule has 8 nitrogen and oxygen atoms in total. The summed E-state index contributed by atoms with van der Waals surface area (Å²) in [5.74, 6) is 5.59. The number of hydrogen-bond donors (Lipinski definition) is 3. The summed E-state index contributed by atoms with van der Waals surface area (Å²) in [5.41, 5.74) is 2.25. The van der Waals surface area contributed by atoms with E-state index in [1.54, 1.807) is 10.6 Å². The van der Waals surface area contributed by atoms with Gasteiger partial charge in [0.15, 0.2) is 5.16 Å². The van der Waals surface area contributed by atoms with Gasteiger partial charge < -0.3 is 4.42 Å². The molecular formula is C11H13N5O3S. The molecule has 1 saturated carbocycles. The van der Waals surface area contributed by atoms with Crippen LogP contribution in [0, 0.1) is 0 Å². The zero-order valence-electron chi connectivity index (χ0n) is 10.5. The van der Waals surface area contributed by atoms with Gasteiger partial charge in [-0.2, -0.15) is 0 Å². The monoisotopic (exact) mass is 295 g/mol. The first-order valence-corrected chi connectivity index (χ1v) is 7.06. The number of H-pyrrole nitrogens is 1. The second-order valence-electron chi connectivity index (χ2n) is 4.43. The Labute approximate surface area is 117 Å². The van der Waals surface area contributed by atoms with Crippen molar-refractivity contribution in [3.8, 4) is 0 Å². The van der Waals surface area contributed by atoms with E-state index in [0.717, 1.165) is 12.8 Å². The number of hydrogen-bond acceptors (Lipinski definition) is 6. The van der Waals surface area contributed by atoms with Crippen LogP contribution < -0.4 is 17.0 Å². The number of nitrogen functional groups attached to an aromatic ring is 1. The molecule has 1 aliphatic carbocycles. The molecule has 0 radical (unpaired) electrons. The first-order chi connectivity index (χ1) is 9.70. The number of carbonyl (C=O) groups is 1. The highest BCUT2D eigenvalue weighted by Crippen LogP contribution is 2.36. The number of nitrogens with two attached hydrogens (primary N) is 1. The molecule has 2 heterocycles. The number of nitrogens with one attached hydrogen (secondary N) is 2. The van der Waals surface area contributed by atoms with Gasteiger partial charge >= 0.3 is 5.69 Å². The van der Waals surface area contributed by atoms with E-state index >= 15 is 0 Å². The van der Waals surface area contributed by atoms with Crippen molar-refractivity contribution in [3.63, 3.8) is 0 Å². The molecule has 1 fully saturated rings. The van der Waals surface area contributed by atoms with Crippen molar-refractivity contribution in [1.29, 1.82) is 0 Å². The van der Waals surface area contributed by atoms with Crippen LogP contribution in [0.25, 0.3) is 0 Å². The summed E-state index contributed by atoms with van der Waals surface area (Å²) >= 11 is 1.34. The zero-order chi connectivity index (χ0) is 14.1. The normalized spacial score (nSPS) is 14.4. The Kier molecular flexibility index (Phi) is 3.36. The third kappa shape index (κ3) is 2.37. The number of hydrazine groups is 1. The Hall–Kier alpha value is -2.00. The van der Waals surface area contributed by atoms with Gasteiger partial charge in [0.25, 0.3) is 5.91 Å². The van der Waals surface area contributed by atoms with E-state index in [1.807, 2.05) is 0 Å². The van der Waals surface area contributed by atoms with E-state index in [0.29, 0.717) is 22.2 Å². The Morgan fingerprint density at radius 1 is 1.65 bits per heavy atom. The van der Waals surface area contributed by atoms with Crippen molar-refractivity contribution >= 4 is 17.7 Å². The molecule has 106 valence electrons. The molecule has 4 N–H and O–H groups in total. The molecule has 0 saturated heterocycles. The minimum atomic E-state index is -0.407. The number of thioether (sulfide) groups is 1. The molecule has 1 aliphatic rings. The summed E-state index contributed by atoms with van der Waals surface area (Å²) in [5, 5.41) is 7.04. The third-order valence-electron chi connectivity index (χ3n) is 3.04. The smallest absolute Gasteiger partial charge is 0.344 e. The van der Waals surface area contributed by atoms with Crippen molar-refractivity contribution in [2.45, 2.75) is 29.8 Å². The largest absolute Gasteiger partial charge is 0.468 e. The van der Waals surface area contributed by atoms with E-state index < -0.39 is 5.91 Å². The van der Waals surface area contributed by atoms with Gasteiger partial charge in [-0.05, 0) is 18.9 Å². The van der Waals surface area contributed by atoms with E-state index in [9.17, 15) is 9.59 Å². The fourth-order valence-corrected chi connectivity index (χ4v) is 2.87. The van der Waals surface area contributed by atoms with Crippen LogP contribution >= 0.6 is 11.8 Å². The number of amides is 1. The molecule has 9 heteroatoms. The predicted octanol–water partition coefficient (Wildman–Crippen LogP) is 0.395. The van der Waals surface area contributed by atoms with Crippen molar-refractivity contribution in [3.05, 3.63) is 34.1 Å². The SMILES string of the molecule is NNC(=O)c1ccoc1CSc1n[nH]c(=O)n1C1CC1. The zero-order valence-corrected chi connectivity index (χ0v) is 11.3. The summed E-state index contributed by atoms with van der Waals surface area (Å²) < 4.78 is 6.92. The standard InChI is InChI=1S/C11H13N5O3S/c12-13-9(17)7-3-4-19-8(7)5-20-11-15-14-10(18)16(11)6-1-2-6/h3-4,6H,1-2,5,12H2,(H,13,17)(H,14,18). The number of nitrogens with zero attached hydrogens (tertiary/aromatic N) is 2. The Morgan fingerprint density at radius 2 is 2.45 bits per heavy atom. The molecule has 0 spiro atoms. The lowest BCUT2D eigenvalue weighted by molar-refractivity contribution is 0.0952. The lowest BCUT2D eigenvalue weighted by atomic mass is 10.2. The highest BCUT2D eigenvalue weighted by atomic mass is 32.2. The van der Waals surface area contributed by atoms with E-state index in [-0.39, 0.29) is 11.7 Å². The van der Waals surface area contributed by atoms with Crippen LogP contribution in [-0.4, -0.2) is 20.7 Å². The topological polar surface area (TPSA) is 119 Å². The van der Waals surface area contributed by atoms with E-state index in [4.69, 9.17) is 10.3 Å². The Morgan fingerprint density at radius 3 is 3.15 bits per heavy atom. The van der Waals surface area contributed by atoms with Gasteiger partial charge in [-0.25, -0.2) is 15.7 Å². The summed E-state index contributed by atoms with van der Waals surface area (Å²) in [4.78, 5) is 23.1. The van der Waals surface area contributed by atoms with Crippen molar-refractivity contribution in [2.75, 3.05) is 0 Å². The van der Waals surface area contributed by atoms with Crippen molar-refractivity contribution < 1.29 is 9.21 Å². The van der Waals surface area contributed by atoms with Gasteiger partial charge in [-0.1, -0.05) is 11.8 Å². The Bertz CT molecular complexity index is 684. The predicted molar refractivity (Wildman–Crippen MR) is 71.0 cm³/mol. The fraction of sp³-hybridized carbons (Fsp3) is 0.364. The second-order valence-corrected chi connectivity index (χ2v) is 5.37. The minimum Gasteiger partial charge on any atom is -0.468 e. The van der Waals surface area contributed by atoms with E-state index in [2.05, 4.69) is 15.6 Å². The summed E-state index contributed by atoms with van der Waals surface area (Å²) in [7, 11) is 0. The second kappa shape index (κ2) is 5.17. The lowest BCUT2D eigenvalue weighted by Gasteiger charge is -2.03. The third-order valence-corrected chi connectivity index (χ3v) is 3.99. The van der Waals surface area contributed by atoms with Gasteiger partial charge in [0.1, 0.15) is 5.76 Å². The molecule has 0 aromatic carbocycles. The van der Waals surface area contributed by atoms with Gasteiger partial charge in [0.05, 0.1) is 17.6 Å². The number of aromatic amines is 1. The number of aromatic nitrogens is 3. The van der Waals surface area contributed by atoms with Gasteiger partial charge in [0, 0.05) is 6.04 Å². The van der Waals surface area contributed by atoms with Crippen molar-refractivity contribution in [1.82, 2.24) is 20.2 Å². The molecule has 0 atom stereocenters. The maximum absolute atomic E-state index is 11.6. The number of carbonyl (C=O) groups excluding carboxylic acids is 1. The first kappa shape index (κ1) is 13.0.